The summed E-state index contributed by atoms with van der Waals surface area (Å²) in [4.78, 5) is 16.7. The van der Waals surface area contributed by atoms with Crippen LogP contribution in [0.25, 0.3) is 5.69 Å². The van der Waals surface area contributed by atoms with Gasteiger partial charge in [-0.15, -0.1) is 10.2 Å². The Kier molecular flexibility index (Phi) is 7.17. The lowest BCUT2D eigenvalue weighted by Crippen LogP contribution is -2.53. The van der Waals surface area contributed by atoms with Crippen LogP contribution in [0.2, 0.25) is 5.02 Å². The number of piperazine rings is 1. The highest BCUT2D eigenvalue weighted by molar-refractivity contribution is 7.99. The topological polar surface area (TPSA) is 78.1 Å². The molecule has 1 aliphatic heterocycles. The number of nitriles is 1. The molecule has 2 heterocycles. The fourth-order valence-electron chi connectivity index (χ4n) is 3.35. The van der Waals surface area contributed by atoms with E-state index in [1.807, 2.05) is 34.6 Å². The summed E-state index contributed by atoms with van der Waals surface area (Å²) in [6, 6.07) is 8.05. The summed E-state index contributed by atoms with van der Waals surface area (Å²) in [5.41, 5.74) is 1.87. The Bertz CT molecular complexity index is 901. The van der Waals surface area contributed by atoms with E-state index in [1.165, 1.54) is 11.8 Å². The van der Waals surface area contributed by atoms with E-state index in [1.54, 1.807) is 6.33 Å². The second-order valence-corrected chi connectivity index (χ2v) is 8.79. The Hall–Kier alpha value is -2.08. The predicted octanol–water partition coefficient (Wildman–Crippen LogP) is 3.01. The van der Waals surface area contributed by atoms with Gasteiger partial charge < -0.3 is 4.90 Å². The number of thioether (sulfide) groups is 1. The van der Waals surface area contributed by atoms with Gasteiger partial charge >= 0.3 is 0 Å². The van der Waals surface area contributed by atoms with Crippen molar-refractivity contribution in [2.45, 2.75) is 32.0 Å². The molecule has 1 aliphatic rings. The van der Waals surface area contributed by atoms with Crippen molar-refractivity contribution in [1.29, 1.82) is 5.26 Å². The summed E-state index contributed by atoms with van der Waals surface area (Å²) in [5, 5.41) is 18.8. The first-order valence-electron chi connectivity index (χ1n) is 9.61. The van der Waals surface area contributed by atoms with Crippen molar-refractivity contribution in [1.82, 2.24) is 24.6 Å². The van der Waals surface area contributed by atoms with Crippen LogP contribution >= 0.6 is 23.4 Å². The predicted molar refractivity (Wildman–Crippen MR) is 114 cm³/mol. The minimum Gasteiger partial charge on any atom is -0.339 e. The zero-order valence-corrected chi connectivity index (χ0v) is 18.4. The van der Waals surface area contributed by atoms with Crippen LogP contribution < -0.4 is 0 Å². The van der Waals surface area contributed by atoms with Gasteiger partial charge in [0.1, 0.15) is 12.4 Å². The van der Waals surface area contributed by atoms with Gasteiger partial charge in [-0.1, -0.05) is 43.3 Å². The average molecular weight is 433 g/mol. The lowest BCUT2D eigenvalue weighted by molar-refractivity contribution is -0.130. The first-order chi connectivity index (χ1) is 13.9. The lowest BCUT2D eigenvalue weighted by atomic mass is 10.0. The van der Waals surface area contributed by atoms with Crippen molar-refractivity contribution in [2.75, 3.05) is 31.9 Å². The van der Waals surface area contributed by atoms with Crippen molar-refractivity contribution in [3.63, 3.8) is 0 Å². The molecular formula is C20H25ClN6OS. The molecule has 1 fully saturated rings. The number of aromatic nitrogens is 3. The van der Waals surface area contributed by atoms with Crippen LogP contribution in [0.3, 0.4) is 0 Å². The molecule has 2 aromatic rings. The number of hydrogen-bond acceptors (Lipinski definition) is 6. The maximum atomic E-state index is 12.7. The number of hydrogen-bond donors (Lipinski definition) is 0. The van der Waals surface area contributed by atoms with E-state index in [0.717, 1.165) is 24.3 Å². The molecule has 1 aromatic heterocycles. The van der Waals surface area contributed by atoms with E-state index in [-0.39, 0.29) is 17.9 Å². The van der Waals surface area contributed by atoms with Gasteiger partial charge in [0.15, 0.2) is 5.16 Å². The Balaban J connectivity index is 1.57. The summed E-state index contributed by atoms with van der Waals surface area (Å²) in [6.45, 7) is 8.80. The molecule has 0 saturated carbocycles. The van der Waals surface area contributed by atoms with Gasteiger partial charge in [-0.3, -0.25) is 14.3 Å². The molecule has 0 bridgehead atoms. The summed E-state index contributed by atoms with van der Waals surface area (Å²) in [5.74, 6) is 0.646. The van der Waals surface area contributed by atoms with Crippen molar-refractivity contribution in [2.24, 2.45) is 5.92 Å². The average Bonchev–Trinajstić information content (AvgIpc) is 3.17. The van der Waals surface area contributed by atoms with Gasteiger partial charge in [0, 0.05) is 31.2 Å². The minimum atomic E-state index is -0.0958. The van der Waals surface area contributed by atoms with Crippen LogP contribution in [0.5, 0.6) is 0 Å². The SMILES string of the molecule is Cc1ccc(-n2cnnc2SCC(=O)N2CCN(C(C#N)C(C)C)CC2)cc1Cl. The molecule has 0 aliphatic carbocycles. The molecular weight excluding hydrogens is 408 g/mol. The van der Waals surface area contributed by atoms with Crippen molar-refractivity contribution >= 4 is 29.3 Å². The fraction of sp³-hybridized carbons (Fsp3) is 0.500. The molecule has 1 amide bonds. The molecule has 1 aromatic carbocycles. The lowest BCUT2D eigenvalue weighted by Gasteiger charge is -2.38. The maximum Gasteiger partial charge on any atom is 0.233 e. The van der Waals surface area contributed by atoms with E-state index in [9.17, 15) is 10.1 Å². The van der Waals surface area contributed by atoms with E-state index in [0.29, 0.717) is 29.0 Å². The number of rotatable bonds is 6. The molecule has 1 unspecified atom stereocenters. The number of nitrogens with zero attached hydrogens (tertiary/aromatic N) is 6. The standard InChI is InChI=1S/C20H25ClN6OS/c1-14(2)18(11-22)25-6-8-26(9-7-25)19(28)12-29-20-24-23-13-27(20)16-5-4-15(3)17(21)10-16/h4-5,10,13-14,18H,6-9,12H2,1-3H3. The highest BCUT2D eigenvalue weighted by Gasteiger charge is 2.27. The number of amides is 1. The number of benzene rings is 1. The number of aryl methyl sites for hydroxylation is 1. The Morgan fingerprint density at radius 3 is 2.66 bits per heavy atom. The van der Waals surface area contributed by atoms with E-state index in [4.69, 9.17) is 11.6 Å². The van der Waals surface area contributed by atoms with Crippen molar-refractivity contribution in [3.8, 4) is 11.8 Å². The highest BCUT2D eigenvalue weighted by atomic mass is 35.5. The highest BCUT2D eigenvalue weighted by Crippen LogP contribution is 2.24. The summed E-state index contributed by atoms with van der Waals surface area (Å²) < 4.78 is 1.83. The molecule has 1 saturated heterocycles. The number of carbonyl (C=O) groups is 1. The normalized spacial score (nSPS) is 16.1. The first kappa shape index (κ1) is 21.6. The third kappa shape index (κ3) is 5.10. The molecule has 29 heavy (non-hydrogen) atoms. The van der Waals surface area contributed by atoms with E-state index in [2.05, 4.69) is 35.0 Å². The van der Waals surface area contributed by atoms with Crippen LogP contribution in [0, 0.1) is 24.2 Å². The van der Waals surface area contributed by atoms with Gasteiger partial charge in [0.2, 0.25) is 5.91 Å². The number of halogens is 1. The molecule has 0 spiro atoms. The summed E-state index contributed by atoms with van der Waals surface area (Å²) >= 11 is 7.60. The quantitative estimate of drug-likeness (QED) is 0.653. The second-order valence-electron chi connectivity index (χ2n) is 7.44. The molecule has 9 heteroatoms. The molecule has 1 atom stereocenters. The Morgan fingerprint density at radius 2 is 2.03 bits per heavy atom. The van der Waals surface area contributed by atoms with Gasteiger partial charge in [0.05, 0.1) is 17.5 Å². The monoisotopic (exact) mass is 432 g/mol. The smallest absolute Gasteiger partial charge is 0.233 e. The Labute approximate surface area is 180 Å². The fourth-order valence-corrected chi connectivity index (χ4v) is 4.36. The van der Waals surface area contributed by atoms with Crippen molar-refractivity contribution < 1.29 is 4.79 Å². The number of carbonyl (C=O) groups excluding carboxylic acids is 1. The van der Waals surface area contributed by atoms with Crippen LogP contribution in [0.1, 0.15) is 19.4 Å². The summed E-state index contributed by atoms with van der Waals surface area (Å²) in [7, 11) is 0. The minimum absolute atomic E-state index is 0.0733. The third-order valence-electron chi connectivity index (χ3n) is 5.10. The van der Waals surface area contributed by atoms with Crippen LogP contribution in [-0.4, -0.2) is 68.4 Å². The van der Waals surface area contributed by atoms with Gasteiger partial charge in [-0.2, -0.15) is 5.26 Å². The molecule has 0 radical (unpaired) electrons. The van der Waals surface area contributed by atoms with Crippen LogP contribution in [-0.2, 0) is 4.79 Å². The van der Waals surface area contributed by atoms with E-state index >= 15 is 0 Å². The molecule has 154 valence electrons. The Morgan fingerprint density at radius 1 is 1.31 bits per heavy atom. The van der Waals surface area contributed by atoms with Crippen molar-refractivity contribution in [3.05, 3.63) is 35.1 Å². The summed E-state index contributed by atoms with van der Waals surface area (Å²) in [6.07, 6.45) is 1.63. The first-order valence-corrected chi connectivity index (χ1v) is 11.0. The van der Waals surface area contributed by atoms with Gasteiger partial charge in [0.25, 0.3) is 0 Å². The molecule has 7 nitrogen and oxygen atoms in total. The van der Waals surface area contributed by atoms with E-state index < -0.39 is 0 Å². The van der Waals surface area contributed by atoms with Crippen LogP contribution in [0.15, 0.2) is 29.7 Å². The van der Waals surface area contributed by atoms with Gasteiger partial charge in [-0.25, -0.2) is 0 Å². The zero-order chi connectivity index (χ0) is 21.0. The van der Waals surface area contributed by atoms with Crippen LogP contribution in [0.4, 0.5) is 0 Å². The third-order valence-corrected chi connectivity index (χ3v) is 6.43. The maximum absolute atomic E-state index is 12.7. The largest absolute Gasteiger partial charge is 0.339 e. The molecule has 3 rings (SSSR count). The molecule has 0 N–H and O–H groups in total. The zero-order valence-electron chi connectivity index (χ0n) is 16.9. The van der Waals surface area contributed by atoms with Gasteiger partial charge in [-0.05, 0) is 30.5 Å². The second kappa shape index (κ2) is 9.61.